The van der Waals surface area contributed by atoms with E-state index in [0.717, 1.165) is 19.0 Å². The highest BCUT2D eigenvalue weighted by Crippen LogP contribution is 2.19. The fraction of sp³-hybridized carbons (Fsp3) is 1.00. The van der Waals surface area contributed by atoms with Crippen LogP contribution in [-0.4, -0.2) is 55.1 Å². The molecule has 1 heterocycles. The monoisotopic (exact) mass is 227 g/mol. The van der Waals surface area contributed by atoms with E-state index in [1.807, 2.05) is 0 Å². The molecule has 0 aromatic heterocycles. The normalized spacial score (nSPS) is 24.2. The van der Waals surface area contributed by atoms with Crippen LogP contribution in [0.3, 0.4) is 0 Å². The first-order chi connectivity index (χ1) is 7.72. The molecule has 2 unspecified atom stereocenters. The van der Waals surface area contributed by atoms with Gasteiger partial charge in [0.15, 0.2) is 0 Å². The van der Waals surface area contributed by atoms with Crippen LogP contribution in [0.15, 0.2) is 0 Å². The number of likely N-dealkylation sites (N-methyl/N-ethyl adjacent to an activating group) is 2. The maximum absolute atomic E-state index is 5.67. The lowest BCUT2D eigenvalue weighted by Crippen LogP contribution is -2.43. The van der Waals surface area contributed by atoms with Crippen molar-refractivity contribution in [3.8, 4) is 0 Å². The molecule has 1 aliphatic rings. The van der Waals surface area contributed by atoms with Crippen molar-refractivity contribution in [1.29, 1.82) is 0 Å². The van der Waals surface area contributed by atoms with Crippen LogP contribution < -0.4 is 5.73 Å². The maximum atomic E-state index is 5.67. The Morgan fingerprint density at radius 2 is 2.19 bits per heavy atom. The van der Waals surface area contributed by atoms with E-state index in [-0.39, 0.29) is 0 Å². The van der Waals surface area contributed by atoms with Crippen molar-refractivity contribution in [2.75, 3.05) is 33.2 Å². The third-order valence-electron chi connectivity index (χ3n) is 4.00. The van der Waals surface area contributed by atoms with E-state index in [2.05, 4.69) is 30.7 Å². The van der Waals surface area contributed by atoms with E-state index >= 15 is 0 Å². The SMILES string of the molecule is CCC(CCN)N(C)CC1CCCN1CC. The molecule has 1 rings (SSSR count). The van der Waals surface area contributed by atoms with Gasteiger partial charge in [-0.05, 0) is 52.4 Å². The van der Waals surface area contributed by atoms with Crippen molar-refractivity contribution in [2.45, 2.75) is 51.6 Å². The van der Waals surface area contributed by atoms with Gasteiger partial charge in [0, 0.05) is 18.6 Å². The summed E-state index contributed by atoms with van der Waals surface area (Å²) in [5.41, 5.74) is 5.67. The van der Waals surface area contributed by atoms with Crippen molar-refractivity contribution < 1.29 is 0 Å². The molecule has 0 amide bonds. The summed E-state index contributed by atoms with van der Waals surface area (Å²) in [7, 11) is 2.26. The molecule has 1 saturated heterocycles. The summed E-state index contributed by atoms with van der Waals surface area (Å²) >= 11 is 0. The zero-order chi connectivity index (χ0) is 12.0. The summed E-state index contributed by atoms with van der Waals surface area (Å²) in [5.74, 6) is 0. The summed E-state index contributed by atoms with van der Waals surface area (Å²) < 4.78 is 0. The lowest BCUT2D eigenvalue weighted by Gasteiger charge is -2.32. The summed E-state index contributed by atoms with van der Waals surface area (Å²) in [6.07, 6.45) is 5.09. The molecule has 0 aromatic carbocycles. The highest BCUT2D eigenvalue weighted by atomic mass is 15.2. The van der Waals surface area contributed by atoms with Crippen LogP contribution in [0.2, 0.25) is 0 Å². The van der Waals surface area contributed by atoms with Crippen molar-refractivity contribution in [2.24, 2.45) is 5.73 Å². The zero-order valence-electron chi connectivity index (χ0n) is 11.3. The molecule has 0 spiro atoms. The quantitative estimate of drug-likeness (QED) is 0.716. The van der Waals surface area contributed by atoms with Crippen LogP contribution in [0.1, 0.15) is 39.5 Å². The van der Waals surface area contributed by atoms with Crippen LogP contribution in [-0.2, 0) is 0 Å². The minimum atomic E-state index is 0.671. The van der Waals surface area contributed by atoms with Gasteiger partial charge < -0.3 is 10.6 Å². The van der Waals surface area contributed by atoms with Gasteiger partial charge in [0.2, 0.25) is 0 Å². The minimum absolute atomic E-state index is 0.671. The van der Waals surface area contributed by atoms with E-state index in [0.29, 0.717) is 6.04 Å². The molecule has 16 heavy (non-hydrogen) atoms. The second-order valence-electron chi connectivity index (χ2n) is 5.00. The fourth-order valence-corrected chi connectivity index (χ4v) is 2.93. The average molecular weight is 227 g/mol. The Bertz CT molecular complexity index is 184. The summed E-state index contributed by atoms with van der Waals surface area (Å²) in [4.78, 5) is 5.14. The molecule has 2 N–H and O–H groups in total. The van der Waals surface area contributed by atoms with E-state index in [9.17, 15) is 0 Å². The molecule has 0 aliphatic carbocycles. The molecular formula is C13H29N3. The van der Waals surface area contributed by atoms with Gasteiger partial charge in [0.25, 0.3) is 0 Å². The van der Waals surface area contributed by atoms with Crippen molar-refractivity contribution >= 4 is 0 Å². The Morgan fingerprint density at radius 3 is 2.75 bits per heavy atom. The number of hydrogen-bond donors (Lipinski definition) is 1. The van der Waals surface area contributed by atoms with Gasteiger partial charge in [-0.15, -0.1) is 0 Å². The lowest BCUT2D eigenvalue weighted by molar-refractivity contribution is 0.156. The first kappa shape index (κ1) is 13.9. The topological polar surface area (TPSA) is 32.5 Å². The van der Waals surface area contributed by atoms with Crippen LogP contribution >= 0.6 is 0 Å². The minimum Gasteiger partial charge on any atom is -0.330 e. The predicted octanol–water partition coefficient (Wildman–Crippen LogP) is 1.53. The number of nitrogens with zero attached hydrogens (tertiary/aromatic N) is 2. The Kier molecular flexibility index (Phi) is 6.32. The van der Waals surface area contributed by atoms with Gasteiger partial charge in [-0.25, -0.2) is 0 Å². The molecule has 3 nitrogen and oxygen atoms in total. The van der Waals surface area contributed by atoms with E-state index in [1.165, 1.54) is 38.9 Å². The Labute approximate surface area is 101 Å². The fourth-order valence-electron chi connectivity index (χ4n) is 2.93. The molecule has 3 heteroatoms. The lowest BCUT2D eigenvalue weighted by atomic mass is 10.1. The third kappa shape index (κ3) is 3.72. The molecule has 96 valence electrons. The molecule has 2 atom stereocenters. The molecule has 1 fully saturated rings. The highest BCUT2D eigenvalue weighted by molar-refractivity contribution is 4.82. The van der Waals surface area contributed by atoms with Crippen LogP contribution in [0, 0.1) is 0 Å². The number of nitrogens with two attached hydrogens (primary N) is 1. The predicted molar refractivity (Wildman–Crippen MR) is 70.6 cm³/mol. The van der Waals surface area contributed by atoms with E-state index in [1.54, 1.807) is 0 Å². The van der Waals surface area contributed by atoms with Crippen molar-refractivity contribution in [3.05, 3.63) is 0 Å². The summed E-state index contributed by atoms with van der Waals surface area (Å²) in [6.45, 7) is 9.06. The van der Waals surface area contributed by atoms with Crippen LogP contribution in [0.5, 0.6) is 0 Å². The average Bonchev–Trinajstić information content (AvgIpc) is 2.72. The standard InChI is InChI=1S/C13H29N3/c1-4-12(8-9-14)15(3)11-13-7-6-10-16(13)5-2/h12-13H,4-11,14H2,1-3H3. The highest BCUT2D eigenvalue weighted by Gasteiger charge is 2.25. The van der Waals surface area contributed by atoms with E-state index in [4.69, 9.17) is 5.73 Å². The summed E-state index contributed by atoms with van der Waals surface area (Å²) in [6, 6.07) is 1.45. The Balaban J connectivity index is 2.39. The summed E-state index contributed by atoms with van der Waals surface area (Å²) in [5, 5.41) is 0. The number of rotatable bonds is 7. The maximum Gasteiger partial charge on any atom is 0.0223 e. The van der Waals surface area contributed by atoms with Crippen LogP contribution in [0.25, 0.3) is 0 Å². The third-order valence-corrected chi connectivity index (χ3v) is 4.00. The van der Waals surface area contributed by atoms with Crippen LogP contribution in [0.4, 0.5) is 0 Å². The molecule has 0 aromatic rings. The van der Waals surface area contributed by atoms with Gasteiger partial charge in [0.05, 0.1) is 0 Å². The van der Waals surface area contributed by atoms with Gasteiger partial charge in [0.1, 0.15) is 0 Å². The molecular weight excluding hydrogens is 198 g/mol. The first-order valence-corrected chi connectivity index (χ1v) is 6.87. The molecule has 0 radical (unpaired) electrons. The second kappa shape index (κ2) is 7.25. The molecule has 0 saturated carbocycles. The van der Waals surface area contributed by atoms with E-state index < -0.39 is 0 Å². The van der Waals surface area contributed by atoms with Gasteiger partial charge in [-0.3, -0.25) is 4.90 Å². The van der Waals surface area contributed by atoms with Gasteiger partial charge >= 0.3 is 0 Å². The smallest absolute Gasteiger partial charge is 0.0223 e. The number of hydrogen-bond acceptors (Lipinski definition) is 3. The first-order valence-electron chi connectivity index (χ1n) is 6.87. The largest absolute Gasteiger partial charge is 0.330 e. The number of likely N-dealkylation sites (tertiary alicyclic amines) is 1. The second-order valence-corrected chi connectivity index (χ2v) is 5.00. The zero-order valence-corrected chi connectivity index (χ0v) is 11.3. The Hall–Kier alpha value is -0.120. The van der Waals surface area contributed by atoms with Gasteiger partial charge in [-0.1, -0.05) is 13.8 Å². The molecule has 1 aliphatic heterocycles. The van der Waals surface area contributed by atoms with Gasteiger partial charge in [-0.2, -0.15) is 0 Å². The van der Waals surface area contributed by atoms with Crippen molar-refractivity contribution in [3.63, 3.8) is 0 Å². The molecule has 0 bridgehead atoms. The van der Waals surface area contributed by atoms with Crippen molar-refractivity contribution in [1.82, 2.24) is 9.80 Å². The Morgan fingerprint density at radius 1 is 1.44 bits per heavy atom.